The molecule has 21 heavy (non-hydrogen) atoms. The molecule has 0 amide bonds. The van der Waals surface area contributed by atoms with E-state index in [9.17, 15) is 0 Å². The van der Waals surface area contributed by atoms with Crippen LogP contribution in [0.2, 0.25) is 0 Å². The zero-order valence-corrected chi connectivity index (χ0v) is 12.0. The average molecular weight is 278 g/mol. The van der Waals surface area contributed by atoms with Crippen molar-refractivity contribution < 1.29 is 4.74 Å². The van der Waals surface area contributed by atoms with Crippen LogP contribution in [0.1, 0.15) is 11.3 Å². The Balaban J connectivity index is 1.74. The summed E-state index contributed by atoms with van der Waals surface area (Å²) >= 11 is 0. The largest absolute Gasteiger partial charge is 0.493 e. The van der Waals surface area contributed by atoms with Crippen molar-refractivity contribution in [2.75, 3.05) is 12.3 Å². The molecule has 106 valence electrons. The summed E-state index contributed by atoms with van der Waals surface area (Å²) in [7, 11) is 0. The summed E-state index contributed by atoms with van der Waals surface area (Å²) in [5.74, 6) is 0.847. The number of pyridine rings is 1. The summed E-state index contributed by atoms with van der Waals surface area (Å²) < 4.78 is 5.78. The number of fused-ring (bicyclic) bond motifs is 1. The van der Waals surface area contributed by atoms with E-state index in [0.29, 0.717) is 6.61 Å². The Bertz CT molecular complexity index is 751. The molecule has 0 fully saturated rings. The topological polar surface area (TPSA) is 48.1 Å². The van der Waals surface area contributed by atoms with Crippen molar-refractivity contribution in [1.29, 1.82) is 0 Å². The standard InChI is InChI=1S/C18H18N2O/c1-13-12-14(17-4-2-3-5-18(17)20-13)10-11-21-16-8-6-15(19)7-9-16/h2-9,12H,10-11,19H2,1H3. The first kappa shape index (κ1) is 13.4. The summed E-state index contributed by atoms with van der Waals surface area (Å²) in [4.78, 5) is 4.56. The minimum Gasteiger partial charge on any atom is -0.493 e. The summed E-state index contributed by atoms with van der Waals surface area (Å²) in [5, 5.41) is 1.20. The highest BCUT2D eigenvalue weighted by Crippen LogP contribution is 2.19. The van der Waals surface area contributed by atoms with Gasteiger partial charge in [-0.05, 0) is 48.9 Å². The molecule has 2 aromatic carbocycles. The highest BCUT2D eigenvalue weighted by Gasteiger charge is 2.04. The van der Waals surface area contributed by atoms with Gasteiger partial charge in [0, 0.05) is 23.2 Å². The Morgan fingerprint density at radius 3 is 2.62 bits per heavy atom. The number of nitrogen functional groups attached to an aromatic ring is 1. The van der Waals surface area contributed by atoms with Crippen LogP contribution >= 0.6 is 0 Å². The maximum atomic E-state index is 5.78. The molecule has 0 bridgehead atoms. The Kier molecular flexibility index (Phi) is 3.73. The van der Waals surface area contributed by atoms with Gasteiger partial charge in [-0.25, -0.2) is 0 Å². The highest BCUT2D eigenvalue weighted by molar-refractivity contribution is 5.82. The number of rotatable bonds is 4. The van der Waals surface area contributed by atoms with Crippen molar-refractivity contribution in [1.82, 2.24) is 4.98 Å². The summed E-state index contributed by atoms with van der Waals surface area (Å²) in [5.41, 5.74) is 9.76. The minimum absolute atomic E-state index is 0.636. The van der Waals surface area contributed by atoms with E-state index in [0.717, 1.165) is 29.1 Å². The van der Waals surface area contributed by atoms with Crippen LogP contribution in [0, 0.1) is 6.92 Å². The molecule has 1 heterocycles. The predicted octanol–water partition coefficient (Wildman–Crippen LogP) is 3.75. The van der Waals surface area contributed by atoms with Crippen LogP contribution < -0.4 is 10.5 Å². The van der Waals surface area contributed by atoms with E-state index in [1.807, 2.05) is 49.4 Å². The first-order valence-corrected chi connectivity index (χ1v) is 7.06. The Hall–Kier alpha value is -2.55. The molecule has 3 aromatic rings. The molecule has 0 aliphatic carbocycles. The third-order valence-electron chi connectivity index (χ3n) is 3.45. The van der Waals surface area contributed by atoms with E-state index in [2.05, 4.69) is 17.1 Å². The molecule has 0 aliphatic heterocycles. The molecule has 3 rings (SSSR count). The number of aryl methyl sites for hydroxylation is 1. The lowest BCUT2D eigenvalue weighted by atomic mass is 10.1. The molecule has 0 spiro atoms. The van der Waals surface area contributed by atoms with Crippen molar-refractivity contribution in [3.05, 3.63) is 65.9 Å². The SMILES string of the molecule is Cc1cc(CCOc2ccc(N)cc2)c2ccccc2n1. The van der Waals surface area contributed by atoms with Gasteiger partial charge in [-0.15, -0.1) is 0 Å². The van der Waals surface area contributed by atoms with Gasteiger partial charge in [0.25, 0.3) is 0 Å². The Morgan fingerprint density at radius 2 is 1.81 bits per heavy atom. The lowest BCUT2D eigenvalue weighted by Gasteiger charge is -2.09. The van der Waals surface area contributed by atoms with Crippen molar-refractivity contribution >= 4 is 16.6 Å². The molecule has 0 atom stereocenters. The van der Waals surface area contributed by atoms with Crippen LogP contribution in [0.4, 0.5) is 5.69 Å². The number of anilines is 1. The molecular weight excluding hydrogens is 260 g/mol. The third-order valence-corrected chi connectivity index (χ3v) is 3.45. The van der Waals surface area contributed by atoms with Gasteiger partial charge in [0.2, 0.25) is 0 Å². The summed E-state index contributed by atoms with van der Waals surface area (Å²) in [6, 6.07) is 17.8. The predicted molar refractivity (Wildman–Crippen MR) is 86.5 cm³/mol. The fourth-order valence-corrected chi connectivity index (χ4v) is 2.44. The van der Waals surface area contributed by atoms with E-state index in [1.54, 1.807) is 0 Å². The third kappa shape index (κ3) is 3.14. The van der Waals surface area contributed by atoms with Crippen molar-refractivity contribution in [3.8, 4) is 5.75 Å². The van der Waals surface area contributed by atoms with Gasteiger partial charge in [0.15, 0.2) is 0 Å². The first-order chi connectivity index (χ1) is 10.2. The number of ether oxygens (including phenoxy) is 1. The molecule has 0 unspecified atom stereocenters. The Labute approximate surface area is 124 Å². The fraction of sp³-hybridized carbons (Fsp3) is 0.167. The van der Waals surface area contributed by atoms with E-state index in [1.165, 1.54) is 10.9 Å². The van der Waals surface area contributed by atoms with E-state index in [4.69, 9.17) is 10.5 Å². The summed E-state index contributed by atoms with van der Waals surface area (Å²) in [6.45, 7) is 2.66. The van der Waals surface area contributed by atoms with Crippen LogP contribution in [0.3, 0.4) is 0 Å². The second-order valence-electron chi connectivity index (χ2n) is 5.11. The molecule has 0 saturated carbocycles. The van der Waals surface area contributed by atoms with Crippen LogP contribution in [-0.2, 0) is 6.42 Å². The highest BCUT2D eigenvalue weighted by atomic mass is 16.5. The second-order valence-corrected chi connectivity index (χ2v) is 5.11. The number of hydrogen-bond acceptors (Lipinski definition) is 3. The number of benzene rings is 2. The smallest absolute Gasteiger partial charge is 0.119 e. The number of para-hydroxylation sites is 1. The summed E-state index contributed by atoms with van der Waals surface area (Å²) in [6.07, 6.45) is 0.855. The van der Waals surface area contributed by atoms with Crippen LogP contribution in [-0.4, -0.2) is 11.6 Å². The monoisotopic (exact) mass is 278 g/mol. The van der Waals surface area contributed by atoms with Crippen molar-refractivity contribution in [2.45, 2.75) is 13.3 Å². The molecular formula is C18H18N2O. The maximum Gasteiger partial charge on any atom is 0.119 e. The maximum absolute atomic E-state index is 5.78. The van der Waals surface area contributed by atoms with E-state index < -0.39 is 0 Å². The quantitative estimate of drug-likeness (QED) is 0.739. The zero-order valence-electron chi connectivity index (χ0n) is 12.0. The lowest BCUT2D eigenvalue weighted by molar-refractivity contribution is 0.322. The molecule has 0 aliphatic rings. The van der Waals surface area contributed by atoms with Crippen molar-refractivity contribution in [2.24, 2.45) is 0 Å². The number of hydrogen-bond donors (Lipinski definition) is 1. The number of nitrogens with zero attached hydrogens (tertiary/aromatic N) is 1. The van der Waals surface area contributed by atoms with Gasteiger partial charge < -0.3 is 10.5 Å². The van der Waals surface area contributed by atoms with Gasteiger partial charge in [-0.2, -0.15) is 0 Å². The number of nitrogens with two attached hydrogens (primary N) is 1. The van der Waals surface area contributed by atoms with Crippen LogP contribution in [0.5, 0.6) is 5.75 Å². The molecule has 2 N–H and O–H groups in total. The fourth-order valence-electron chi connectivity index (χ4n) is 2.44. The lowest BCUT2D eigenvalue weighted by Crippen LogP contribution is -2.03. The van der Waals surface area contributed by atoms with E-state index >= 15 is 0 Å². The molecule has 3 nitrogen and oxygen atoms in total. The van der Waals surface area contributed by atoms with Gasteiger partial charge in [-0.1, -0.05) is 18.2 Å². The molecule has 3 heteroatoms. The molecule has 1 aromatic heterocycles. The zero-order chi connectivity index (χ0) is 14.7. The van der Waals surface area contributed by atoms with E-state index in [-0.39, 0.29) is 0 Å². The van der Waals surface area contributed by atoms with Crippen LogP contribution in [0.15, 0.2) is 54.6 Å². The molecule has 0 radical (unpaired) electrons. The Morgan fingerprint density at radius 1 is 1.05 bits per heavy atom. The number of aromatic nitrogens is 1. The molecule has 0 saturated heterocycles. The van der Waals surface area contributed by atoms with Gasteiger partial charge in [0.1, 0.15) is 5.75 Å². The van der Waals surface area contributed by atoms with Crippen LogP contribution in [0.25, 0.3) is 10.9 Å². The van der Waals surface area contributed by atoms with Crippen molar-refractivity contribution in [3.63, 3.8) is 0 Å². The van der Waals surface area contributed by atoms with Gasteiger partial charge >= 0.3 is 0 Å². The average Bonchev–Trinajstić information content (AvgIpc) is 2.49. The van der Waals surface area contributed by atoms with Gasteiger partial charge in [0.05, 0.1) is 12.1 Å². The second kappa shape index (κ2) is 5.83. The van der Waals surface area contributed by atoms with Gasteiger partial charge in [-0.3, -0.25) is 4.98 Å². The normalized spacial score (nSPS) is 10.7. The minimum atomic E-state index is 0.636. The first-order valence-electron chi connectivity index (χ1n) is 7.06.